The van der Waals surface area contributed by atoms with Crippen LogP contribution in [0.4, 0.5) is 0 Å². The predicted octanol–water partition coefficient (Wildman–Crippen LogP) is 14.6. The van der Waals surface area contributed by atoms with E-state index in [0.29, 0.717) is 0 Å². The molecule has 0 saturated heterocycles. The SMILES string of the molecule is CCCCCCc1cc(C2=c3c(c4sc(-c5ccc(C)s5)cc4c4cc(-c5ccc(C)s5)sc34)=C(c3cc(CCCCCC)[c]([Sn]([CH3])([CH3])[CH3])s3)C2=O)s[c]1[Sn]([CH3])([CH3])[CH3]. The van der Waals surface area contributed by atoms with E-state index in [1.807, 2.05) is 68.0 Å². The van der Waals surface area contributed by atoms with Crippen molar-refractivity contribution in [2.45, 2.75) is 122 Å². The van der Waals surface area contributed by atoms with Gasteiger partial charge in [-0.3, -0.25) is 0 Å². The maximum absolute atomic E-state index is 15.9. The van der Waals surface area contributed by atoms with Crippen molar-refractivity contribution in [3.63, 3.8) is 0 Å². The molecular formula is C49H58OS6Sn2. The Bertz CT molecular complexity index is 2590. The molecule has 9 heteroatoms. The number of carbonyl (C=O) groups excluding carboxylic acids is 1. The monoisotopic (exact) mass is 1090 g/mol. The van der Waals surface area contributed by atoms with Gasteiger partial charge in [-0.25, -0.2) is 0 Å². The summed E-state index contributed by atoms with van der Waals surface area (Å²) in [6, 6.07) is 19.0. The first-order valence-corrected chi connectivity index (χ1v) is 46.3. The number of fused-ring (bicyclic) bond motifs is 6. The third-order valence-electron chi connectivity index (χ3n) is 11.5. The van der Waals surface area contributed by atoms with Crippen LogP contribution in [-0.2, 0) is 17.6 Å². The van der Waals surface area contributed by atoms with Gasteiger partial charge in [0.1, 0.15) is 0 Å². The molecule has 8 rings (SSSR count). The van der Waals surface area contributed by atoms with Gasteiger partial charge < -0.3 is 0 Å². The molecule has 0 amide bonds. The van der Waals surface area contributed by atoms with Gasteiger partial charge in [0.15, 0.2) is 0 Å². The molecule has 1 aliphatic carbocycles. The van der Waals surface area contributed by atoms with E-state index < -0.39 is 36.8 Å². The number of unbranched alkanes of at least 4 members (excludes halogenated alkanes) is 6. The number of rotatable bonds is 16. The molecule has 0 N–H and O–H groups in total. The average Bonchev–Trinajstić information content (AvgIpc) is 4.00. The zero-order valence-corrected chi connectivity index (χ0v) is 46.7. The molecule has 0 bridgehead atoms. The summed E-state index contributed by atoms with van der Waals surface area (Å²) in [6.45, 7) is 9.02. The van der Waals surface area contributed by atoms with Gasteiger partial charge in [0.05, 0.1) is 0 Å². The number of hydrogen-bond acceptors (Lipinski definition) is 7. The summed E-state index contributed by atoms with van der Waals surface area (Å²) in [5.74, 6) is 0.261. The van der Waals surface area contributed by atoms with Gasteiger partial charge in [0.25, 0.3) is 0 Å². The van der Waals surface area contributed by atoms with Gasteiger partial charge in [-0.05, 0) is 0 Å². The van der Waals surface area contributed by atoms with Crippen LogP contribution in [0.3, 0.4) is 0 Å². The number of hydrogen-bond donors (Lipinski definition) is 0. The Morgan fingerprint density at radius 1 is 0.466 bits per heavy atom. The summed E-state index contributed by atoms with van der Waals surface area (Å²) in [5.41, 5.74) is 5.04. The van der Waals surface area contributed by atoms with E-state index in [1.54, 1.807) is 5.79 Å². The van der Waals surface area contributed by atoms with Crippen LogP contribution in [0.25, 0.3) is 50.8 Å². The fraction of sp³-hybridized carbons (Fsp3) is 0.408. The zero-order chi connectivity index (χ0) is 41.1. The quantitative estimate of drug-likeness (QED) is 0.0696. The Kier molecular flexibility index (Phi) is 13.2. The van der Waals surface area contributed by atoms with Crippen LogP contribution in [0.15, 0.2) is 48.5 Å². The van der Waals surface area contributed by atoms with Crippen molar-refractivity contribution >= 4 is 148 Å². The molecule has 58 heavy (non-hydrogen) atoms. The summed E-state index contributed by atoms with van der Waals surface area (Å²) in [6.07, 6.45) is 12.4. The number of Topliss-reactive ketones (excluding diaryl/α,β-unsaturated/α-hetero) is 1. The van der Waals surface area contributed by atoms with Crippen LogP contribution in [0.1, 0.15) is 95.8 Å². The van der Waals surface area contributed by atoms with Crippen LogP contribution in [-0.4, -0.2) is 42.5 Å². The summed E-state index contributed by atoms with van der Waals surface area (Å²) in [5, 5.41) is 5.05. The van der Waals surface area contributed by atoms with E-state index in [2.05, 4.69) is 106 Å². The minimum atomic E-state index is -2.54. The molecule has 6 heterocycles. The fourth-order valence-electron chi connectivity index (χ4n) is 8.69. The maximum atomic E-state index is 15.9. The molecular weight excluding hydrogens is 1030 g/mol. The van der Waals surface area contributed by atoms with Crippen molar-refractivity contribution in [2.75, 3.05) is 0 Å². The van der Waals surface area contributed by atoms with Gasteiger partial charge in [-0.1, -0.05) is 0 Å². The number of ketones is 1. The molecule has 0 fully saturated rings. The molecule has 0 saturated carbocycles. The van der Waals surface area contributed by atoms with Crippen LogP contribution in [0.2, 0.25) is 29.6 Å². The van der Waals surface area contributed by atoms with Gasteiger partial charge in [-0.2, -0.15) is 0 Å². The standard InChI is InChI=1S/C43H40OS6.6CH3.2Sn/c1-5-7-9-11-13-27-19-35(45-23-27)37-39-40(38(41(37)44)36-20-28(24-46-36)14-12-10-8-6-2)43-30(22-34(50-43)32-18-16-26(4)48-32)29-21-33(49-42(29)39)31-17-15-25(3)47-31;;;;;;;;/h15-22H,5-14H2,1-4H3;6*1H3;;. The van der Waals surface area contributed by atoms with Crippen molar-refractivity contribution in [2.24, 2.45) is 0 Å². The van der Waals surface area contributed by atoms with Crippen LogP contribution in [0.5, 0.6) is 0 Å². The van der Waals surface area contributed by atoms with E-state index in [-0.39, 0.29) is 5.78 Å². The van der Waals surface area contributed by atoms with Gasteiger partial charge in [-0.15, -0.1) is 0 Å². The third kappa shape index (κ3) is 8.53. The second-order valence-corrected chi connectivity index (χ2v) is 55.8. The number of thiophene rings is 6. The van der Waals surface area contributed by atoms with Gasteiger partial charge >= 0.3 is 383 Å². The second kappa shape index (κ2) is 17.6. The van der Waals surface area contributed by atoms with Gasteiger partial charge in [0, 0.05) is 0 Å². The molecule has 0 atom stereocenters. The van der Waals surface area contributed by atoms with Gasteiger partial charge in [0.2, 0.25) is 0 Å². The Balaban J connectivity index is 1.48. The Morgan fingerprint density at radius 2 is 0.879 bits per heavy atom. The first kappa shape index (κ1) is 43.6. The molecule has 0 aliphatic heterocycles. The predicted molar refractivity (Wildman–Crippen MR) is 273 cm³/mol. The van der Waals surface area contributed by atoms with E-state index >= 15 is 4.79 Å². The normalized spacial score (nSPS) is 13.7. The molecule has 7 aromatic rings. The number of carbonyl (C=O) groups is 1. The fourth-order valence-corrected chi connectivity index (χ4v) is 29.4. The molecule has 304 valence electrons. The Hall–Kier alpha value is -1.05. The van der Waals surface area contributed by atoms with Crippen molar-refractivity contribution in [3.05, 3.63) is 89.6 Å². The van der Waals surface area contributed by atoms with Crippen LogP contribution in [0, 0.1) is 13.8 Å². The first-order chi connectivity index (χ1) is 27.7. The first-order valence-electron chi connectivity index (χ1n) is 21.4. The third-order valence-corrected chi connectivity index (χ3v) is 37.7. The molecule has 6 aromatic heterocycles. The number of benzene rings is 1. The van der Waals surface area contributed by atoms with E-state index in [9.17, 15) is 0 Å². The number of aryl methyl sites for hydroxylation is 4. The van der Waals surface area contributed by atoms with Crippen molar-refractivity contribution < 1.29 is 4.79 Å². The van der Waals surface area contributed by atoms with E-state index in [4.69, 9.17) is 0 Å². The van der Waals surface area contributed by atoms with E-state index in [0.717, 1.165) is 24.0 Å². The van der Waals surface area contributed by atoms with Crippen LogP contribution < -0.4 is 16.2 Å². The van der Waals surface area contributed by atoms with Crippen molar-refractivity contribution in [3.8, 4) is 19.5 Å². The van der Waals surface area contributed by atoms with Crippen molar-refractivity contribution in [1.82, 2.24) is 0 Å². The molecule has 1 aromatic carbocycles. The zero-order valence-electron chi connectivity index (χ0n) is 36.0. The Morgan fingerprint density at radius 3 is 1.22 bits per heavy atom. The summed E-state index contributed by atoms with van der Waals surface area (Å²) in [4.78, 5) is 41.7. The van der Waals surface area contributed by atoms with E-state index in [1.165, 1.54) is 132 Å². The molecule has 0 spiro atoms. The second-order valence-electron chi connectivity index (χ2n) is 18.4. The summed E-state index contributed by atoms with van der Waals surface area (Å²) in [7, 11) is 0. The average molecular weight is 1090 g/mol. The molecule has 1 aliphatic rings. The van der Waals surface area contributed by atoms with Crippen LogP contribution >= 0.6 is 68.0 Å². The molecule has 0 radical (unpaired) electrons. The topological polar surface area (TPSA) is 17.1 Å². The molecule has 0 unspecified atom stereocenters. The summed E-state index contributed by atoms with van der Waals surface area (Å²) < 4.78 is 5.88. The summed E-state index contributed by atoms with van der Waals surface area (Å²) >= 11 is 6.50. The minimum absolute atomic E-state index is 0.261. The Labute approximate surface area is 378 Å². The van der Waals surface area contributed by atoms with Crippen molar-refractivity contribution in [1.29, 1.82) is 0 Å². The molecule has 1 nitrogen and oxygen atoms in total.